The van der Waals surface area contributed by atoms with Crippen LogP contribution in [0.5, 0.6) is 0 Å². The highest BCUT2D eigenvalue weighted by Crippen LogP contribution is 2.43. The minimum absolute atomic E-state index is 0.0645. The second kappa shape index (κ2) is 16.6. The predicted octanol–water partition coefficient (Wildman–Crippen LogP) is 17.3. The summed E-state index contributed by atoms with van der Waals surface area (Å²) in [5.41, 5.74) is 20.4. The Kier molecular flexibility index (Phi) is 11.3. The van der Waals surface area contributed by atoms with Gasteiger partial charge in [-0.2, -0.15) is 0 Å². The van der Waals surface area contributed by atoms with Gasteiger partial charge in [0.1, 0.15) is 0 Å². The Bertz CT molecular complexity index is 3100. The minimum Gasteiger partial charge on any atom is -0.354 e. The maximum atomic E-state index is 5.63. The smallest absolute Gasteiger partial charge is 0.0798 e. The third-order valence-electron chi connectivity index (χ3n) is 12.9. The van der Waals surface area contributed by atoms with Gasteiger partial charge in [-0.3, -0.25) is 0 Å². The highest BCUT2D eigenvalue weighted by molar-refractivity contribution is 7.99. The minimum atomic E-state index is -0.0645. The Balaban J connectivity index is 1.46. The summed E-state index contributed by atoms with van der Waals surface area (Å²) in [4.78, 5) is 21.4. The van der Waals surface area contributed by atoms with E-state index in [0.717, 1.165) is 88.0 Å². The average Bonchev–Trinajstić information content (AvgIpc) is 4.10. The van der Waals surface area contributed by atoms with Crippen LogP contribution in [-0.2, 0) is 21.7 Å². The Labute approximate surface area is 396 Å². The third kappa shape index (κ3) is 9.03. The van der Waals surface area contributed by atoms with Gasteiger partial charge in [-0.1, -0.05) is 179 Å². The molecule has 4 nitrogen and oxygen atoms in total. The van der Waals surface area contributed by atoms with Crippen molar-refractivity contribution in [3.05, 3.63) is 166 Å². The lowest BCUT2D eigenvalue weighted by Crippen LogP contribution is -2.16. The first-order chi connectivity index (χ1) is 31.1. The molecule has 334 valence electrons. The molecule has 2 aliphatic rings. The van der Waals surface area contributed by atoms with E-state index in [1.165, 1.54) is 27.8 Å². The summed E-state index contributed by atoms with van der Waals surface area (Å²) < 4.78 is 0. The molecule has 0 atom stereocenters. The van der Waals surface area contributed by atoms with E-state index in [0.29, 0.717) is 0 Å². The van der Waals surface area contributed by atoms with Crippen LogP contribution in [0, 0.1) is 6.92 Å². The summed E-state index contributed by atoms with van der Waals surface area (Å²) in [6.07, 6.45) is 8.81. The van der Waals surface area contributed by atoms with E-state index >= 15 is 0 Å². The standard InChI is InChI=1S/C61H64N4S/c1-37-19-21-45(22-20-37)66-57-52-29-27-50(64-52)55(39-31-41(58(2,3)4)35-42(32-39)59(5,6)7)48-25-23-46(62-48)54(38-17-15-14-16-18-38)47-24-26-49(63-47)56(51-28-30-53(57)65-51)40-33-43(60(8,9)10)36-44(34-40)61(11,12)13/h14-36,62,65H,1-13H3. The van der Waals surface area contributed by atoms with Gasteiger partial charge in [0.25, 0.3) is 0 Å². The van der Waals surface area contributed by atoms with E-state index in [1.54, 1.807) is 11.8 Å². The fourth-order valence-corrected chi connectivity index (χ4v) is 9.76. The van der Waals surface area contributed by atoms with Gasteiger partial charge >= 0.3 is 0 Å². The highest BCUT2D eigenvalue weighted by Gasteiger charge is 2.26. The Morgan fingerprint density at radius 3 is 1.17 bits per heavy atom. The van der Waals surface area contributed by atoms with Crippen molar-refractivity contribution in [3.8, 4) is 33.4 Å². The predicted molar refractivity (Wildman–Crippen MR) is 285 cm³/mol. The fourth-order valence-electron chi connectivity index (χ4n) is 8.80. The topological polar surface area (TPSA) is 57.4 Å². The van der Waals surface area contributed by atoms with Gasteiger partial charge in [0, 0.05) is 38.1 Å². The first-order valence-corrected chi connectivity index (χ1v) is 24.2. The molecule has 0 radical (unpaired) electrons. The molecule has 2 N–H and O–H groups in total. The molecule has 0 fully saturated rings. The van der Waals surface area contributed by atoms with Crippen LogP contribution in [0.2, 0.25) is 0 Å². The number of aryl methyl sites for hydroxylation is 1. The van der Waals surface area contributed by atoms with Crippen LogP contribution in [0.15, 0.2) is 125 Å². The molecule has 2 aliphatic heterocycles. The van der Waals surface area contributed by atoms with Crippen molar-refractivity contribution in [2.75, 3.05) is 0 Å². The van der Waals surface area contributed by atoms with Gasteiger partial charge < -0.3 is 9.97 Å². The first-order valence-electron chi connectivity index (χ1n) is 23.4. The SMILES string of the molecule is Cc1ccc(Sc2c3nc(c(-c4cc(C(C)(C)C)cc(C(C)(C)C)c4)c4ccc([nH]4)c(-c4ccccc4)c4nc(c(-c5cc(C(C)(C)C)cc(C(C)(C)C)c5)c5ccc2[nH]5)C=C4)C=C3)cc1. The van der Waals surface area contributed by atoms with Crippen molar-refractivity contribution in [3.63, 3.8) is 0 Å². The quantitative estimate of drug-likeness (QED) is 0.181. The molecular formula is C61H64N4S. The zero-order valence-corrected chi connectivity index (χ0v) is 41.9. The average molecular weight is 885 g/mol. The van der Waals surface area contributed by atoms with E-state index in [2.05, 4.69) is 240 Å². The van der Waals surface area contributed by atoms with Crippen LogP contribution in [0.4, 0.5) is 0 Å². The number of benzene rings is 4. The number of fused-ring (bicyclic) bond motifs is 8. The Hall–Kier alpha value is -6.17. The number of hydrogen-bond acceptors (Lipinski definition) is 3. The molecule has 5 heterocycles. The van der Waals surface area contributed by atoms with Crippen LogP contribution in [0.3, 0.4) is 0 Å². The highest BCUT2D eigenvalue weighted by atomic mass is 32.2. The Morgan fingerprint density at radius 1 is 0.379 bits per heavy atom. The fraction of sp³-hybridized carbons (Fsp3) is 0.279. The van der Waals surface area contributed by atoms with E-state index in [4.69, 9.17) is 9.97 Å². The normalized spacial score (nSPS) is 13.2. The van der Waals surface area contributed by atoms with Crippen molar-refractivity contribution < 1.29 is 0 Å². The van der Waals surface area contributed by atoms with Crippen molar-refractivity contribution in [1.82, 2.24) is 19.9 Å². The number of nitrogens with one attached hydrogen (secondary N) is 2. The maximum absolute atomic E-state index is 5.63. The van der Waals surface area contributed by atoms with Gasteiger partial charge in [-0.15, -0.1) is 0 Å². The molecule has 66 heavy (non-hydrogen) atoms. The number of aromatic amines is 2. The molecule has 5 heteroatoms. The molecule has 0 spiro atoms. The van der Waals surface area contributed by atoms with Crippen molar-refractivity contribution >= 4 is 58.1 Å². The summed E-state index contributed by atoms with van der Waals surface area (Å²) in [5.74, 6) is 0. The number of hydrogen-bond donors (Lipinski definition) is 2. The maximum Gasteiger partial charge on any atom is 0.0798 e. The number of H-pyrrole nitrogens is 2. The van der Waals surface area contributed by atoms with Crippen LogP contribution in [-0.4, -0.2) is 19.9 Å². The lowest BCUT2D eigenvalue weighted by Gasteiger charge is -2.26. The molecule has 3 aromatic heterocycles. The van der Waals surface area contributed by atoms with Crippen molar-refractivity contribution in [1.29, 1.82) is 0 Å². The summed E-state index contributed by atoms with van der Waals surface area (Å²) in [5, 5.41) is 0. The lowest BCUT2D eigenvalue weighted by atomic mass is 9.78. The molecule has 4 aromatic carbocycles. The summed E-state index contributed by atoms with van der Waals surface area (Å²) in [6.45, 7) is 29.8. The number of rotatable bonds is 5. The molecule has 7 aromatic rings. The van der Waals surface area contributed by atoms with Gasteiger partial charge in [-0.25, -0.2) is 9.97 Å². The van der Waals surface area contributed by atoms with Crippen LogP contribution in [0.25, 0.3) is 79.8 Å². The van der Waals surface area contributed by atoms with E-state index < -0.39 is 0 Å². The second-order valence-electron chi connectivity index (χ2n) is 22.3. The summed E-state index contributed by atoms with van der Waals surface area (Å²) in [6, 6.07) is 42.7. The monoisotopic (exact) mass is 884 g/mol. The van der Waals surface area contributed by atoms with E-state index in [-0.39, 0.29) is 21.7 Å². The molecule has 9 rings (SSSR count). The molecule has 0 saturated heterocycles. The lowest BCUT2D eigenvalue weighted by molar-refractivity contribution is 0.568. The van der Waals surface area contributed by atoms with Crippen molar-refractivity contribution in [2.45, 2.75) is 121 Å². The molecule has 0 amide bonds. The second-order valence-corrected chi connectivity index (χ2v) is 23.4. The molecule has 0 saturated carbocycles. The van der Waals surface area contributed by atoms with Gasteiger partial charge in [0.15, 0.2) is 0 Å². The summed E-state index contributed by atoms with van der Waals surface area (Å²) in [7, 11) is 0. The Morgan fingerprint density at radius 2 is 0.742 bits per heavy atom. The van der Waals surface area contributed by atoms with Gasteiger partial charge in [-0.05, 0) is 128 Å². The largest absolute Gasteiger partial charge is 0.354 e. The number of aromatic nitrogens is 4. The van der Waals surface area contributed by atoms with E-state index in [9.17, 15) is 0 Å². The zero-order valence-electron chi connectivity index (χ0n) is 41.1. The van der Waals surface area contributed by atoms with Crippen LogP contribution in [0.1, 0.15) is 134 Å². The first kappa shape index (κ1) is 45.0. The van der Waals surface area contributed by atoms with E-state index in [1.807, 2.05) is 0 Å². The van der Waals surface area contributed by atoms with Crippen LogP contribution < -0.4 is 0 Å². The van der Waals surface area contributed by atoms with Crippen molar-refractivity contribution in [2.24, 2.45) is 0 Å². The zero-order chi connectivity index (χ0) is 46.9. The third-order valence-corrected chi connectivity index (χ3v) is 14.1. The van der Waals surface area contributed by atoms with Gasteiger partial charge in [0.05, 0.1) is 33.2 Å². The summed E-state index contributed by atoms with van der Waals surface area (Å²) >= 11 is 1.75. The molecule has 0 aliphatic carbocycles. The number of nitrogens with zero attached hydrogens (tertiary/aromatic N) is 2. The van der Waals surface area contributed by atoms with Crippen LogP contribution >= 0.6 is 11.8 Å². The van der Waals surface area contributed by atoms with Gasteiger partial charge in [0.2, 0.25) is 0 Å². The molecular weight excluding hydrogens is 821 g/mol. The molecule has 8 bridgehead atoms. The molecule has 0 unspecified atom stereocenters.